The smallest absolute Gasteiger partial charge is 0.267 e. The Kier molecular flexibility index (Phi) is 4.25. The van der Waals surface area contributed by atoms with E-state index in [0.717, 1.165) is 11.3 Å². The van der Waals surface area contributed by atoms with Gasteiger partial charge in [0.1, 0.15) is 0 Å². The largest absolute Gasteiger partial charge is 0.271 e. The average Bonchev–Trinajstić information content (AvgIpc) is 2.87. The van der Waals surface area contributed by atoms with E-state index < -0.39 is 0 Å². The van der Waals surface area contributed by atoms with Crippen molar-refractivity contribution in [2.75, 3.05) is 0 Å². The molecule has 92 valence electrons. The maximum atomic E-state index is 11.7. The van der Waals surface area contributed by atoms with Gasteiger partial charge < -0.3 is 0 Å². The summed E-state index contributed by atoms with van der Waals surface area (Å²) in [4.78, 5) is 14.0. The van der Waals surface area contributed by atoms with Gasteiger partial charge in [0.05, 0.1) is 6.21 Å². The number of rotatable bonds is 4. The molecular weight excluding hydrogens is 244 g/mol. The molecule has 0 aliphatic heterocycles. The molecular formula is C14H14N2OS. The van der Waals surface area contributed by atoms with Crippen LogP contribution >= 0.6 is 11.3 Å². The van der Waals surface area contributed by atoms with Crippen LogP contribution in [0.5, 0.6) is 0 Å². The number of carbonyl (C=O) groups excluding carboxylic acids is 1. The molecule has 2 aromatic rings. The summed E-state index contributed by atoms with van der Waals surface area (Å²) in [5.74, 6) is -0.195. The predicted molar refractivity (Wildman–Crippen MR) is 75.2 cm³/mol. The third-order valence-corrected chi connectivity index (χ3v) is 3.59. The molecule has 3 nitrogen and oxygen atoms in total. The number of aryl methyl sites for hydroxylation is 1. The van der Waals surface area contributed by atoms with Crippen LogP contribution in [-0.2, 0) is 6.42 Å². The van der Waals surface area contributed by atoms with Crippen molar-refractivity contribution < 1.29 is 4.79 Å². The average molecular weight is 258 g/mol. The zero-order valence-electron chi connectivity index (χ0n) is 10.1. The summed E-state index contributed by atoms with van der Waals surface area (Å²) in [5, 5.41) is 3.95. The highest BCUT2D eigenvalue weighted by atomic mass is 32.1. The molecule has 1 heterocycles. The quantitative estimate of drug-likeness (QED) is 0.664. The van der Waals surface area contributed by atoms with E-state index in [1.165, 1.54) is 4.88 Å². The van der Waals surface area contributed by atoms with E-state index in [9.17, 15) is 4.79 Å². The number of carbonyl (C=O) groups is 1. The summed E-state index contributed by atoms with van der Waals surface area (Å²) in [6.45, 7) is 2.12. The van der Waals surface area contributed by atoms with Gasteiger partial charge in [-0.2, -0.15) is 5.10 Å². The number of thiophene rings is 1. The zero-order valence-corrected chi connectivity index (χ0v) is 10.9. The van der Waals surface area contributed by atoms with Crippen molar-refractivity contribution in [2.45, 2.75) is 13.3 Å². The molecule has 2 rings (SSSR count). The number of nitrogens with zero attached hydrogens (tertiary/aromatic N) is 1. The van der Waals surface area contributed by atoms with E-state index >= 15 is 0 Å². The molecule has 0 aliphatic rings. The van der Waals surface area contributed by atoms with E-state index in [1.807, 2.05) is 24.3 Å². The molecule has 0 radical (unpaired) electrons. The topological polar surface area (TPSA) is 41.5 Å². The van der Waals surface area contributed by atoms with Crippen LogP contribution in [0.4, 0.5) is 0 Å². The number of benzene rings is 1. The van der Waals surface area contributed by atoms with Gasteiger partial charge in [-0.25, -0.2) is 5.43 Å². The summed E-state index contributed by atoms with van der Waals surface area (Å²) in [6.07, 6.45) is 2.69. The molecule has 18 heavy (non-hydrogen) atoms. The van der Waals surface area contributed by atoms with Crippen LogP contribution in [0.3, 0.4) is 0 Å². The summed E-state index contributed by atoms with van der Waals surface area (Å²) >= 11 is 1.68. The molecule has 0 bridgehead atoms. The zero-order chi connectivity index (χ0) is 12.8. The molecule has 0 unspecified atom stereocenters. The second-order valence-electron chi connectivity index (χ2n) is 3.72. The highest BCUT2D eigenvalue weighted by molar-refractivity contribution is 7.13. The molecule has 1 aromatic carbocycles. The summed E-state index contributed by atoms with van der Waals surface area (Å²) in [6, 6.07) is 13.1. The number of amides is 1. The Morgan fingerprint density at radius 1 is 1.28 bits per heavy atom. The van der Waals surface area contributed by atoms with Crippen molar-refractivity contribution >= 4 is 23.5 Å². The van der Waals surface area contributed by atoms with Crippen LogP contribution in [0, 0.1) is 0 Å². The van der Waals surface area contributed by atoms with Crippen LogP contribution in [0.25, 0.3) is 0 Å². The van der Waals surface area contributed by atoms with E-state index in [-0.39, 0.29) is 5.91 Å². The highest BCUT2D eigenvalue weighted by Gasteiger charge is 2.01. The SMILES string of the molecule is CCc1ccc(C=NNC(=O)c2ccccc2)s1. The molecule has 4 heteroatoms. The summed E-state index contributed by atoms with van der Waals surface area (Å²) in [7, 11) is 0. The lowest BCUT2D eigenvalue weighted by Gasteiger charge is -1.97. The minimum atomic E-state index is -0.195. The summed E-state index contributed by atoms with van der Waals surface area (Å²) in [5.41, 5.74) is 3.12. The van der Waals surface area contributed by atoms with Gasteiger partial charge in [0, 0.05) is 15.3 Å². The monoisotopic (exact) mass is 258 g/mol. The first kappa shape index (κ1) is 12.5. The Labute approximate surface area is 110 Å². The maximum Gasteiger partial charge on any atom is 0.271 e. The van der Waals surface area contributed by atoms with Gasteiger partial charge in [-0.3, -0.25) is 4.79 Å². The second-order valence-corrected chi connectivity index (χ2v) is 4.92. The first-order valence-electron chi connectivity index (χ1n) is 5.76. The van der Waals surface area contributed by atoms with Crippen LogP contribution in [0.2, 0.25) is 0 Å². The van der Waals surface area contributed by atoms with Crippen molar-refractivity contribution in [2.24, 2.45) is 5.10 Å². The Morgan fingerprint density at radius 2 is 2.06 bits per heavy atom. The van der Waals surface area contributed by atoms with Crippen molar-refractivity contribution in [1.82, 2.24) is 5.43 Å². The lowest BCUT2D eigenvalue weighted by atomic mass is 10.2. The van der Waals surface area contributed by atoms with E-state index in [2.05, 4.69) is 23.5 Å². The standard InChI is InChI=1S/C14H14N2OS/c1-2-12-8-9-13(18-12)10-15-16-14(17)11-6-4-3-5-7-11/h3-10H,2H2,1H3,(H,16,17). The fourth-order valence-electron chi connectivity index (χ4n) is 1.46. The Balaban J connectivity index is 1.93. The Hall–Kier alpha value is -1.94. The van der Waals surface area contributed by atoms with Crippen molar-refractivity contribution in [3.8, 4) is 0 Å². The lowest BCUT2D eigenvalue weighted by Crippen LogP contribution is -2.17. The number of hydrazone groups is 1. The highest BCUT2D eigenvalue weighted by Crippen LogP contribution is 2.14. The van der Waals surface area contributed by atoms with Crippen molar-refractivity contribution in [3.05, 3.63) is 57.8 Å². The molecule has 0 saturated heterocycles. The van der Waals surface area contributed by atoms with Gasteiger partial charge in [-0.1, -0.05) is 25.1 Å². The van der Waals surface area contributed by atoms with Gasteiger partial charge in [0.15, 0.2) is 0 Å². The molecule has 0 spiro atoms. The van der Waals surface area contributed by atoms with Gasteiger partial charge >= 0.3 is 0 Å². The summed E-state index contributed by atoms with van der Waals surface area (Å²) < 4.78 is 0. The van der Waals surface area contributed by atoms with Crippen LogP contribution in [0.15, 0.2) is 47.6 Å². The van der Waals surface area contributed by atoms with Gasteiger partial charge in [0.25, 0.3) is 5.91 Å². The molecule has 0 fully saturated rings. The van der Waals surface area contributed by atoms with Gasteiger partial charge in [-0.15, -0.1) is 11.3 Å². The molecule has 1 amide bonds. The van der Waals surface area contributed by atoms with Gasteiger partial charge in [0.2, 0.25) is 0 Å². The number of nitrogens with one attached hydrogen (secondary N) is 1. The molecule has 0 saturated carbocycles. The fourth-order valence-corrected chi connectivity index (χ4v) is 2.29. The van der Waals surface area contributed by atoms with E-state index in [0.29, 0.717) is 5.56 Å². The number of hydrogen-bond donors (Lipinski definition) is 1. The van der Waals surface area contributed by atoms with Crippen LogP contribution in [0.1, 0.15) is 27.0 Å². The minimum absolute atomic E-state index is 0.195. The third-order valence-electron chi connectivity index (χ3n) is 2.42. The van der Waals surface area contributed by atoms with Crippen molar-refractivity contribution in [3.63, 3.8) is 0 Å². The fraction of sp³-hybridized carbons (Fsp3) is 0.143. The van der Waals surface area contributed by atoms with Gasteiger partial charge in [-0.05, 0) is 30.7 Å². The van der Waals surface area contributed by atoms with Crippen molar-refractivity contribution in [1.29, 1.82) is 0 Å². The molecule has 1 aromatic heterocycles. The maximum absolute atomic E-state index is 11.7. The van der Waals surface area contributed by atoms with E-state index in [4.69, 9.17) is 0 Å². The normalized spacial score (nSPS) is 10.7. The van der Waals surface area contributed by atoms with Crippen LogP contribution < -0.4 is 5.43 Å². The minimum Gasteiger partial charge on any atom is -0.267 e. The Morgan fingerprint density at radius 3 is 2.72 bits per heavy atom. The number of hydrogen-bond acceptors (Lipinski definition) is 3. The first-order valence-corrected chi connectivity index (χ1v) is 6.58. The third kappa shape index (κ3) is 3.28. The first-order chi connectivity index (χ1) is 8.79. The van der Waals surface area contributed by atoms with E-state index in [1.54, 1.807) is 29.7 Å². The molecule has 0 aliphatic carbocycles. The Bertz CT molecular complexity index is 546. The second kappa shape index (κ2) is 6.12. The lowest BCUT2D eigenvalue weighted by molar-refractivity contribution is 0.0955. The van der Waals surface area contributed by atoms with Crippen LogP contribution in [-0.4, -0.2) is 12.1 Å². The molecule has 1 N–H and O–H groups in total. The molecule has 0 atom stereocenters. The predicted octanol–water partition coefficient (Wildman–Crippen LogP) is 3.07.